The van der Waals surface area contributed by atoms with E-state index >= 15 is 0 Å². The van der Waals surface area contributed by atoms with Crippen LogP contribution in [-0.4, -0.2) is 50.8 Å². The third kappa shape index (κ3) is 4.04. The van der Waals surface area contributed by atoms with Gasteiger partial charge in [-0.3, -0.25) is 4.90 Å². The van der Waals surface area contributed by atoms with Gasteiger partial charge in [0.25, 0.3) is 0 Å². The summed E-state index contributed by atoms with van der Waals surface area (Å²) in [6.45, 7) is 4.46. The number of fused-ring (bicyclic) bond motifs is 1. The van der Waals surface area contributed by atoms with Gasteiger partial charge in [0.05, 0.1) is 10.9 Å². The van der Waals surface area contributed by atoms with Gasteiger partial charge in [0, 0.05) is 38.3 Å². The van der Waals surface area contributed by atoms with Crippen molar-refractivity contribution in [3.63, 3.8) is 0 Å². The van der Waals surface area contributed by atoms with Crippen molar-refractivity contribution in [2.45, 2.75) is 19.4 Å². The Bertz CT molecular complexity index is 1280. The fraction of sp³-hybridized carbons (Fsp3) is 0.304. The Hall–Kier alpha value is -3.11. The fourth-order valence-electron chi connectivity index (χ4n) is 4.22. The molecule has 0 aliphatic carbocycles. The molecule has 5 rings (SSSR count). The van der Waals surface area contributed by atoms with Gasteiger partial charge in [-0.05, 0) is 42.0 Å². The molecule has 0 unspecified atom stereocenters. The monoisotopic (exact) mass is 473 g/mol. The number of aromatic nitrogens is 3. The Kier molecular flexibility index (Phi) is 5.71. The second kappa shape index (κ2) is 8.68. The van der Waals surface area contributed by atoms with Gasteiger partial charge in [-0.25, -0.2) is 18.2 Å². The highest BCUT2D eigenvalue weighted by Gasteiger charge is 2.32. The van der Waals surface area contributed by atoms with Crippen molar-refractivity contribution in [1.29, 1.82) is 0 Å². The van der Waals surface area contributed by atoms with E-state index in [1.165, 1.54) is 34.1 Å². The molecule has 1 N–H and O–H groups in total. The Labute approximate surface area is 192 Å². The number of benzene rings is 2. The minimum atomic E-state index is -0.935. The molecule has 10 heteroatoms. The van der Waals surface area contributed by atoms with Crippen LogP contribution in [0.25, 0.3) is 4.96 Å². The molecular formula is C23H22F3N5OS. The van der Waals surface area contributed by atoms with Crippen molar-refractivity contribution in [3.05, 3.63) is 76.2 Å². The lowest BCUT2D eigenvalue weighted by Gasteiger charge is -2.40. The number of hydrogen-bond acceptors (Lipinski definition) is 6. The van der Waals surface area contributed by atoms with Gasteiger partial charge in [0.2, 0.25) is 10.8 Å². The zero-order valence-corrected chi connectivity index (χ0v) is 18.7. The first-order valence-corrected chi connectivity index (χ1v) is 11.5. The van der Waals surface area contributed by atoms with E-state index in [-0.39, 0.29) is 11.7 Å². The molecule has 0 bridgehead atoms. The second-order valence-corrected chi connectivity index (χ2v) is 8.95. The maximum atomic E-state index is 14.2. The van der Waals surface area contributed by atoms with Crippen LogP contribution >= 0.6 is 11.3 Å². The summed E-state index contributed by atoms with van der Waals surface area (Å²) >= 11 is 1.29. The SMILES string of the molecule is CCc1nc2sc([C@@H](c3ccc(F)c(F)c3)N3CCN(c4ccc(F)cc4)CC3)c(O)n2n1. The molecule has 0 saturated carbocycles. The van der Waals surface area contributed by atoms with Crippen molar-refractivity contribution in [2.75, 3.05) is 31.1 Å². The zero-order chi connectivity index (χ0) is 23.1. The van der Waals surface area contributed by atoms with Crippen LogP contribution in [-0.2, 0) is 6.42 Å². The minimum absolute atomic E-state index is 0.0436. The standard InChI is InChI=1S/C23H22F3N5OS/c1-2-19-27-23-31(28-19)22(32)21(33-23)20(14-3-8-17(25)18(26)13-14)30-11-9-29(10-12-30)16-6-4-15(24)5-7-16/h3-8,13,20,32H,2,9-12H2,1H3/t20-/m1/s1. The molecule has 33 heavy (non-hydrogen) atoms. The molecule has 4 aromatic rings. The summed E-state index contributed by atoms with van der Waals surface area (Å²) in [5.41, 5.74) is 1.47. The topological polar surface area (TPSA) is 56.9 Å². The van der Waals surface area contributed by atoms with Gasteiger partial charge in [-0.1, -0.05) is 24.3 Å². The predicted octanol–water partition coefficient (Wildman–Crippen LogP) is 4.39. The van der Waals surface area contributed by atoms with Gasteiger partial charge >= 0.3 is 0 Å². The summed E-state index contributed by atoms with van der Waals surface area (Å²) in [6, 6.07) is 9.70. The van der Waals surface area contributed by atoms with Crippen LogP contribution in [0.5, 0.6) is 5.88 Å². The normalized spacial score (nSPS) is 15.9. The molecule has 1 aliphatic rings. The molecule has 2 aromatic heterocycles. The average Bonchev–Trinajstić information content (AvgIpc) is 3.36. The van der Waals surface area contributed by atoms with Crippen LogP contribution in [0, 0.1) is 17.5 Å². The summed E-state index contributed by atoms with van der Waals surface area (Å²) in [7, 11) is 0. The summed E-state index contributed by atoms with van der Waals surface area (Å²) < 4.78 is 42.5. The number of piperazine rings is 1. The van der Waals surface area contributed by atoms with E-state index in [0.717, 1.165) is 11.8 Å². The average molecular weight is 474 g/mol. The first kappa shape index (κ1) is 21.7. The predicted molar refractivity (Wildman–Crippen MR) is 120 cm³/mol. The van der Waals surface area contributed by atoms with Crippen LogP contribution in [0.2, 0.25) is 0 Å². The van der Waals surface area contributed by atoms with E-state index in [1.54, 1.807) is 18.2 Å². The Morgan fingerprint density at radius 2 is 1.73 bits per heavy atom. The summed E-state index contributed by atoms with van der Waals surface area (Å²) in [4.78, 5) is 9.84. The number of hydrogen-bond donors (Lipinski definition) is 1. The number of halogens is 3. The van der Waals surface area contributed by atoms with Crippen LogP contribution < -0.4 is 4.90 Å². The van der Waals surface area contributed by atoms with Gasteiger partial charge in [0.1, 0.15) is 5.82 Å². The Morgan fingerprint density at radius 1 is 1.00 bits per heavy atom. The van der Waals surface area contributed by atoms with Crippen molar-refractivity contribution in [1.82, 2.24) is 19.5 Å². The smallest absolute Gasteiger partial charge is 0.230 e. The highest BCUT2D eigenvalue weighted by Crippen LogP contribution is 2.40. The summed E-state index contributed by atoms with van der Waals surface area (Å²) in [5.74, 6) is -1.56. The zero-order valence-electron chi connectivity index (χ0n) is 17.9. The highest BCUT2D eigenvalue weighted by atomic mass is 32.1. The van der Waals surface area contributed by atoms with E-state index in [9.17, 15) is 18.3 Å². The molecule has 1 fully saturated rings. The molecular weight excluding hydrogens is 451 g/mol. The largest absolute Gasteiger partial charge is 0.492 e. The molecule has 1 aliphatic heterocycles. The lowest BCUT2D eigenvalue weighted by Crippen LogP contribution is -2.47. The Morgan fingerprint density at radius 3 is 2.36 bits per heavy atom. The van der Waals surface area contributed by atoms with Crippen LogP contribution in [0.15, 0.2) is 42.5 Å². The van der Waals surface area contributed by atoms with Gasteiger partial charge in [-0.2, -0.15) is 4.52 Å². The van der Waals surface area contributed by atoms with Crippen molar-refractivity contribution >= 4 is 22.0 Å². The minimum Gasteiger partial charge on any atom is -0.492 e. The molecule has 3 heterocycles. The highest BCUT2D eigenvalue weighted by molar-refractivity contribution is 7.17. The van der Waals surface area contributed by atoms with E-state index in [1.807, 2.05) is 6.92 Å². The third-order valence-corrected chi connectivity index (χ3v) is 7.01. The molecule has 0 amide bonds. The number of anilines is 1. The molecule has 172 valence electrons. The molecule has 1 saturated heterocycles. The van der Waals surface area contributed by atoms with Gasteiger partial charge < -0.3 is 10.0 Å². The second-order valence-electron chi connectivity index (χ2n) is 7.94. The molecule has 6 nitrogen and oxygen atoms in total. The number of aryl methyl sites for hydroxylation is 1. The van der Waals surface area contributed by atoms with Crippen LogP contribution in [0.4, 0.5) is 18.9 Å². The number of thiazole rings is 1. The Balaban J connectivity index is 1.48. The molecule has 2 aromatic carbocycles. The van der Waals surface area contributed by atoms with Crippen LogP contribution in [0.3, 0.4) is 0 Å². The first-order chi connectivity index (χ1) is 15.9. The van der Waals surface area contributed by atoms with Crippen LogP contribution in [0.1, 0.15) is 29.2 Å². The van der Waals surface area contributed by atoms with E-state index in [0.29, 0.717) is 53.8 Å². The molecule has 1 atom stereocenters. The number of rotatable bonds is 5. The molecule has 0 spiro atoms. The van der Waals surface area contributed by atoms with Crippen molar-refractivity contribution < 1.29 is 18.3 Å². The van der Waals surface area contributed by atoms with Gasteiger partial charge in [-0.15, -0.1) is 5.10 Å². The van der Waals surface area contributed by atoms with E-state index in [2.05, 4.69) is 19.9 Å². The summed E-state index contributed by atoms with van der Waals surface area (Å²) in [6.07, 6.45) is 0.640. The lowest BCUT2D eigenvalue weighted by molar-refractivity contribution is 0.210. The van der Waals surface area contributed by atoms with Crippen molar-refractivity contribution in [3.8, 4) is 5.88 Å². The quantitative estimate of drug-likeness (QED) is 0.466. The molecule has 0 radical (unpaired) electrons. The van der Waals surface area contributed by atoms with E-state index in [4.69, 9.17) is 0 Å². The van der Waals surface area contributed by atoms with E-state index < -0.39 is 17.7 Å². The maximum Gasteiger partial charge on any atom is 0.230 e. The number of nitrogens with zero attached hydrogens (tertiary/aromatic N) is 5. The first-order valence-electron chi connectivity index (χ1n) is 10.7. The lowest BCUT2D eigenvalue weighted by atomic mass is 10.0. The number of aromatic hydroxyl groups is 1. The summed E-state index contributed by atoms with van der Waals surface area (Å²) in [5, 5.41) is 15.3. The third-order valence-electron chi connectivity index (χ3n) is 5.94. The van der Waals surface area contributed by atoms with Gasteiger partial charge in [0.15, 0.2) is 17.5 Å². The fourth-order valence-corrected chi connectivity index (χ4v) is 5.36. The van der Waals surface area contributed by atoms with Crippen molar-refractivity contribution in [2.24, 2.45) is 0 Å². The maximum absolute atomic E-state index is 14.2.